The van der Waals surface area contributed by atoms with Crippen molar-refractivity contribution in [2.75, 3.05) is 6.61 Å². The maximum Gasteiger partial charge on any atom is 0.313 e. The van der Waals surface area contributed by atoms with E-state index in [1.807, 2.05) is 6.92 Å². The normalized spacial score (nSPS) is 12.4. The minimum absolute atomic E-state index is 0.273. The molecule has 0 aromatic heterocycles. The molecule has 0 unspecified atom stereocenters. The fourth-order valence-corrected chi connectivity index (χ4v) is 9.11. The Morgan fingerprint density at radius 2 is 1.05 bits per heavy atom. The molecule has 11 heteroatoms. The summed E-state index contributed by atoms with van der Waals surface area (Å²) < 4.78 is 110. The van der Waals surface area contributed by atoms with Crippen LogP contribution in [0.4, 0.5) is 22.0 Å². The van der Waals surface area contributed by atoms with Crippen molar-refractivity contribution in [3.63, 3.8) is 0 Å². The topological polar surface area (TPSA) is 52.6 Å². The second-order valence-electron chi connectivity index (χ2n) is 8.28. The number of benzene rings is 4. The SMILES string of the molecule is CCCCOc1ccc(S(OS(=O)(=O)c2c(F)c(F)c(F)c(F)c2F)(c2ccccc2)c2ccccc2)cc1. The van der Waals surface area contributed by atoms with Crippen molar-refractivity contribution >= 4 is 20.4 Å². The standard InChI is InChI=1S/C28H23F5O4S2/c1-2-3-18-36-19-14-16-22(17-15-19)38(20-10-6-4-7-11-20,21-12-8-5-9-13-21)37-39(34,35)28-26(32)24(30)23(29)25(31)27(28)33/h4-17H,2-3,18H2,1H3. The maximum atomic E-state index is 14.7. The van der Waals surface area contributed by atoms with Gasteiger partial charge in [0, 0.05) is 14.7 Å². The molecule has 0 heterocycles. The van der Waals surface area contributed by atoms with Gasteiger partial charge in [0.25, 0.3) is 0 Å². The summed E-state index contributed by atoms with van der Waals surface area (Å²) in [6, 6.07) is 22.3. The summed E-state index contributed by atoms with van der Waals surface area (Å²) in [7, 11) is -8.97. The number of ether oxygens (including phenoxy) is 1. The van der Waals surface area contributed by atoms with E-state index in [1.54, 1.807) is 84.9 Å². The van der Waals surface area contributed by atoms with Gasteiger partial charge in [-0.15, -0.1) is 0 Å². The first-order valence-corrected chi connectivity index (χ1v) is 14.7. The minimum Gasteiger partial charge on any atom is -0.494 e. The fourth-order valence-electron chi connectivity index (χ4n) is 3.78. The van der Waals surface area contributed by atoms with Crippen molar-refractivity contribution in [1.82, 2.24) is 0 Å². The third-order valence-electron chi connectivity index (χ3n) is 5.68. The van der Waals surface area contributed by atoms with Crippen LogP contribution in [0, 0.1) is 29.1 Å². The molecule has 0 aliphatic carbocycles. The van der Waals surface area contributed by atoms with Crippen molar-refractivity contribution in [2.45, 2.75) is 39.3 Å². The van der Waals surface area contributed by atoms with Gasteiger partial charge in [0.15, 0.2) is 28.2 Å². The van der Waals surface area contributed by atoms with Crippen LogP contribution in [0.5, 0.6) is 5.75 Å². The minimum atomic E-state index is -5.60. The summed E-state index contributed by atoms with van der Waals surface area (Å²) in [4.78, 5) is -1.20. The smallest absolute Gasteiger partial charge is 0.313 e. The summed E-state index contributed by atoms with van der Waals surface area (Å²) in [6.07, 6.45) is 1.73. The Labute approximate surface area is 224 Å². The van der Waals surface area contributed by atoms with Gasteiger partial charge < -0.3 is 4.74 Å². The van der Waals surface area contributed by atoms with E-state index in [2.05, 4.69) is 0 Å². The highest BCUT2D eigenvalue weighted by Gasteiger charge is 2.42. The van der Waals surface area contributed by atoms with Gasteiger partial charge in [-0.05, 0) is 65.3 Å². The Morgan fingerprint density at radius 1 is 0.615 bits per heavy atom. The van der Waals surface area contributed by atoms with Crippen molar-refractivity contribution in [3.8, 4) is 5.75 Å². The highest BCUT2D eigenvalue weighted by Crippen LogP contribution is 2.70. The van der Waals surface area contributed by atoms with Gasteiger partial charge in [0.1, 0.15) is 5.75 Å². The van der Waals surface area contributed by atoms with E-state index in [-0.39, 0.29) is 4.90 Å². The van der Waals surface area contributed by atoms with Gasteiger partial charge in [-0.2, -0.15) is 8.42 Å². The maximum absolute atomic E-state index is 14.7. The van der Waals surface area contributed by atoms with Crippen molar-refractivity contribution in [2.24, 2.45) is 0 Å². The highest BCUT2D eigenvalue weighted by atomic mass is 32.3. The van der Waals surface area contributed by atoms with Crippen LogP contribution in [0.3, 0.4) is 0 Å². The molecule has 0 saturated heterocycles. The van der Waals surface area contributed by atoms with Gasteiger partial charge in [-0.3, -0.25) is 0 Å². The van der Waals surface area contributed by atoms with Crippen molar-refractivity contribution in [1.29, 1.82) is 0 Å². The molecule has 0 amide bonds. The van der Waals surface area contributed by atoms with Crippen LogP contribution in [0.2, 0.25) is 0 Å². The lowest BCUT2D eigenvalue weighted by molar-refractivity contribution is 0.309. The first-order chi connectivity index (χ1) is 18.6. The Morgan fingerprint density at radius 3 is 1.51 bits per heavy atom. The summed E-state index contributed by atoms with van der Waals surface area (Å²) in [5.41, 5.74) is 0. The van der Waals surface area contributed by atoms with E-state index in [9.17, 15) is 30.4 Å². The molecule has 0 saturated carbocycles. The molecule has 0 radical (unpaired) electrons. The summed E-state index contributed by atoms with van der Waals surface area (Å²) in [6.45, 7) is 2.46. The number of hydrogen-bond donors (Lipinski definition) is 0. The van der Waals surface area contributed by atoms with E-state index < -0.39 is 54.4 Å². The molecule has 4 aromatic carbocycles. The summed E-state index contributed by atoms with van der Waals surface area (Å²) in [5.74, 6) is -11.8. The second kappa shape index (κ2) is 11.8. The summed E-state index contributed by atoms with van der Waals surface area (Å²) in [5, 5.41) is 0. The van der Waals surface area contributed by atoms with Gasteiger partial charge in [0.05, 0.1) is 6.61 Å². The molecule has 0 aliphatic heterocycles. The predicted octanol–water partition coefficient (Wildman–Crippen LogP) is 8.16. The fraction of sp³-hybridized carbons (Fsp3) is 0.143. The van der Waals surface area contributed by atoms with Gasteiger partial charge >= 0.3 is 10.1 Å². The lowest BCUT2D eigenvalue weighted by atomic mass is 10.3. The zero-order valence-electron chi connectivity index (χ0n) is 20.5. The average molecular weight is 583 g/mol. The summed E-state index contributed by atoms with van der Waals surface area (Å²) >= 11 is 0. The molecular formula is C28H23F5O4S2. The van der Waals surface area contributed by atoms with E-state index in [1.165, 1.54) is 0 Å². The molecule has 0 N–H and O–H groups in total. The molecule has 4 nitrogen and oxygen atoms in total. The molecule has 0 atom stereocenters. The average Bonchev–Trinajstić information content (AvgIpc) is 2.95. The number of hydrogen-bond acceptors (Lipinski definition) is 4. The second-order valence-corrected chi connectivity index (χ2v) is 12.7. The number of unbranched alkanes of at least 4 members (excludes halogenated alkanes) is 1. The van der Waals surface area contributed by atoms with Crippen LogP contribution >= 0.6 is 10.3 Å². The highest BCUT2D eigenvalue weighted by molar-refractivity contribution is 8.33. The van der Waals surface area contributed by atoms with E-state index in [4.69, 9.17) is 8.37 Å². The Bertz CT molecular complexity index is 1480. The van der Waals surface area contributed by atoms with Crippen LogP contribution in [0.25, 0.3) is 0 Å². The van der Waals surface area contributed by atoms with Gasteiger partial charge in [0.2, 0.25) is 5.82 Å². The van der Waals surface area contributed by atoms with Crippen LogP contribution in [-0.4, -0.2) is 15.0 Å². The van der Waals surface area contributed by atoms with E-state index >= 15 is 0 Å². The Balaban J connectivity index is 1.97. The van der Waals surface area contributed by atoms with E-state index in [0.29, 0.717) is 22.1 Å². The first kappa shape index (κ1) is 28.6. The Hall–Kier alpha value is -3.41. The number of rotatable bonds is 10. The van der Waals surface area contributed by atoms with Crippen molar-refractivity contribution < 1.29 is 38.7 Å². The molecule has 39 heavy (non-hydrogen) atoms. The largest absolute Gasteiger partial charge is 0.494 e. The van der Waals surface area contributed by atoms with Gasteiger partial charge in [-0.25, -0.2) is 25.6 Å². The predicted molar refractivity (Wildman–Crippen MR) is 137 cm³/mol. The third-order valence-corrected chi connectivity index (χ3v) is 10.9. The zero-order valence-corrected chi connectivity index (χ0v) is 22.2. The van der Waals surface area contributed by atoms with Crippen molar-refractivity contribution in [3.05, 3.63) is 114 Å². The Kier molecular flexibility index (Phi) is 8.63. The molecule has 4 aromatic rings. The lowest BCUT2D eigenvalue weighted by Crippen LogP contribution is -2.19. The van der Waals surface area contributed by atoms with Gasteiger partial charge in [-0.1, -0.05) is 49.7 Å². The van der Waals surface area contributed by atoms with Crippen LogP contribution < -0.4 is 4.74 Å². The quantitative estimate of drug-likeness (QED) is 0.0820. The third kappa shape index (κ3) is 5.52. The molecule has 4 rings (SSSR count). The van der Waals surface area contributed by atoms with Crippen LogP contribution in [0.1, 0.15) is 19.8 Å². The first-order valence-electron chi connectivity index (χ1n) is 11.8. The van der Waals surface area contributed by atoms with Crippen LogP contribution in [0.15, 0.2) is 105 Å². The monoisotopic (exact) mass is 582 g/mol. The zero-order chi connectivity index (χ0) is 28.2. The molecular weight excluding hydrogens is 559 g/mol. The molecule has 0 fully saturated rings. The molecule has 206 valence electrons. The van der Waals surface area contributed by atoms with Crippen LogP contribution in [-0.2, 0) is 13.7 Å². The molecule has 0 bridgehead atoms. The molecule has 0 aliphatic rings. The number of halogens is 5. The van der Waals surface area contributed by atoms with E-state index in [0.717, 1.165) is 12.8 Å². The lowest BCUT2D eigenvalue weighted by Gasteiger charge is -2.39. The molecule has 0 spiro atoms.